The van der Waals surface area contributed by atoms with Gasteiger partial charge in [0.25, 0.3) is 5.56 Å². The predicted octanol–water partition coefficient (Wildman–Crippen LogP) is 4.80. The summed E-state index contributed by atoms with van der Waals surface area (Å²) in [5.41, 5.74) is 1.64. The largest absolute Gasteiger partial charge is 0.301 e. The van der Waals surface area contributed by atoms with Crippen LogP contribution in [-0.4, -0.2) is 15.2 Å². The molecular weight excluding hydrogens is 324 g/mol. The topological polar surface area (TPSA) is 45.8 Å². The van der Waals surface area contributed by atoms with Crippen molar-refractivity contribution >= 4 is 23.5 Å². The first-order valence-electron chi connectivity index (χ1n) is 8.16. The molecule has 0 bridgehead atoms. The standard InChI is InChI=1S/C18H22N2OS2/c1-13-16(12-22-14-8-4-2-5-9-14)19-18(20-17(13)21)23-15-10-6-3-7-11-15/h2,4-5,8-9,15H,3,6-7,10-12H2,1H3,(H,19,20,21). The number of rotatable bonds is 5. The van der Waals surface area contributed by atoms with E-state index in [1.165, 1.54) is 37.0 Å². The molecule has 0 aliphatic heterocycles. The van der Waals surface area contributed by atoms with E-state index in [1.54, 1.807) is 23.5 Å². The average Bonchev–Trinajstić information content (AvgIpc) is 2.58. The summed E-state index contributed by atoms with van der Waals surface area (Å²) in [6.07, 6.45) is 6.40. The molecule has 1 aliphatic rings. The maximum atomic E-state index is 12.2. The van der Waals surface area contributed by atoms with E-state index in [-0.39, 0.29) is 5.56 Å². The first kappa shape index (κ1) is 16.7. The molecule has 1 heterocycles. The molecule has 23 heavy (non-hydrogen) atoms. The van der Waals surface area contributed by atoms with Crippen LogP contribution >= 0.6 is 23.5 Å². The second-order valence-electron chi connectivity index (χ2n) is 5.92. The minimum Gasteiger partial charge on any atom is -0.301 e. The van der Waals surface area contributed by atoms with E-state index in [2.05, 4.69) is 17.1 Å². The third kappa shape index (κ3) is 4.64. The highest BCUT2D eigenvalue weighted by Crippen LogP contribution is 2.32. The van der Waals surface area contributed by atoms with Gasteiger partial charge >= 0.3 is 0 Å². The molecule has 0 spiro atoms. The first-order valence-corrected chi connectivity index (χ1v) is 10.0. The minimum atomic E-state index is 0.00183. The van der Waals surface area contributed by atoms with Crippen LogP contribution in [0.5, 0.6) is 0 Å². The van der Waals surface area contributed by atoms with Crippen molar-refractivity contribution < 1.29 is 0 Å². The van der Waals surface area contributed by atoms with Crippen molar-refractivity contribution in [3.63, 3.8) is 0 Å². The number of nitrogens with one attached hydrogen (secondary N) is 1. The Morgan fingerprint density at radius 2 is 1.91 bits per heavy atom. The van der Waals surface area contributed by atoms with Crippen molar-refractivity contribution in [2.75, 3.05) is 0 Å². The van der Waals surface area contributed by atoms with E-state index in [0.29, 0.717) is 5.25 Å². The van der Waals surface area contributed by atoms with E-state index < -0.39 is 0 Å². The van der Waals surface area contributed by atoms with Crippen molar-refractivity contribution in [3.8, 4) is 0 Å². The second-order valence-corrected chi connectivity index (χ2v) is 8.26. The van der Waals surface area contributed by atoms with Gasteiger partial charge in [0.1, 0.15) is 0 Å². The lowest BCUT2D eigenvalue weighted by atomic mass is 10.0. The Balaban J connectivity index is 1.72. The summed E-state index contributed by atoms with van der Waals surface area (Å²) in [4.78, 5) is 21.1. The zero-order valence-corrected chi connectivity index (χ0v) is 15.0. The highest BCUT2D eigenvalue weighted by atomic mass is 32.2. The molecule has 1 aliphatic carbocycles. The summed E-state index contributed by atoms with van der Waals surface area (Å²) in [6, 6.07) is 10.3. The van der Waals surface area contributed by atoms with Crippen LogP contribution in [0.3, 0.4) is 0 Å². The van der Waals surface area contributed by atoms with Gasteiger partial charge in [0.2, 0.25) is 0 Å². The fourth-order valence-electron chi connectivity index (χ4n) is 2.76. The molecule has 1 fully saturated rings. The van der Waals surface area contributed by atoms with Crippen LogP contribution < -0.4 is 5.56 Å². The van der Waals surface area contributed by atoms with E-state index in [0.717, 1.165) is 22.2 Å². The number of H-pyrrole nitrogens is 1. The van der Waals surface area contributed by atoms with Gasteiger partial charge in [-0.3, -0.25) is 4.79 Å². The molecular formula is C18H22N2OS2. The number of thioether (sulfide) groups is 2. The smallest absolute Gasteiger partial charge is 0.254 e. The number of nitrogens with zero attached hydrogens (tertiary/aromatic N) is 1. The van der Waals surface area contributed by atoms with Gasteiger partial charge in [-0.25, -0.2) is 4.98 Å². The van der Waals surface area contributed by atoms with Crippen molar-refractivity contribution in [3.05, 3.63) is 51.9 Å². The molecule has 0 saturated heterocycles. The number of aromatic amines is 1. The second kappa shape index (κ2) is 8.06. The van der Waals surface area contributed by atoms with Gasteiger partial charge in [0, 0.05) is 21.5 Å². The zero-order valence-electron chi connectivity index (χ0n) is 13.4. The summed E-state index contributed by atoms with van der Waals surface area (Å²) < 4.78 is 0. The number of hydrogen-bond donors (Lipinski definition) is 1. The van der Waals surface area contributed by atoms with E-state index in [1.807, 2.05) is 25.1 Å². The van der Waals surface area contributed by atoms with Gasteiger partial charge in [-0.2, -0.15) is 0 Å². The normalized spacial score (nSPS) is 15.7. The van der Waals surface area contributed by atoms with Crippen molar-refractivity contribution in [2.45, 2.75) is 60.1 Å². The number of benzene rings is 1. The molecule has 3 nitrogen and oxygen atoms in total. The zero-order chi connectivity index (χ0) is 16.1. The lowest BCUT2D eigenvalue weighted by molar-refractivity contribution is 0.515. The Labute approximate surface area is 145 Å². The fraction of sp³-hybridized carbons (Fsp3) is 0.444. The quantitative estimate of drug-likeness (QED) is 0.624. The number of aromatic nitrogens is 2. The highest BCUT2D eigenvalue weighted by Gasteiger charge is 2.17. The Bertz CT molecular complexity index is 694. The first-order chi connectivity index (χ1) is 11.2. The molecule has 1 N–H and O–H groups in total. The van der Waals surface area contributed by atoms with Crippen molar-refractivity contribution in [2.24, 2.45) is 0 Å². The monoisotopic (exact) mass is 346 g/mol. The molecule has 0 unspecified atom stereocenters. The summed E-state index contributed by atoms with van der Waals surface area (Å²) in [5, 5.41) is 1.39. The highest BCUT2D eigenvalue weighted by molar-refractivity contribution is 7.99. The van der Waals surface area contributed by atoms with Gasteiger partial charge in [0.15, 0.2) is 5.16 Å². The lowest BCUT2D eigenvalue weighted by Crippen LogP contribution is -2.17. The van der Waals surface area contributed by atoms with E-state index in [4.69, 9.17) is 4.98 Å². The Morgan fingerprint density at radius 3 is 2.65 bits per heavy atom. The van der Waals surface area contributed by atoms with Crippen molar-refractivity contribution in [1.82, 2.24) is 9.97 Å². The maximum absolute atomic E-state index is 12.2. The third-order valence-electron chi connectivity index (χ3n) is 4.18. The Morgan fingerprint density at radius 1 is 1.17 bits per heavy atom. The average molecular weight is 347 g/mol. The van der Waals surface area contributed by atoms with Crippen LogP contribution in [0.15, 0.2) is 45.2 Å². The predicted molar refractivity (Wildman–Crippen MR) is 98.3 cm³/mol. The van der Waals surface area contributed by atoms with Gasteiger partial charge in [-0.15, -0.1) is 11.8 Å². The van der Waals surface area contributed by atoms with E-state index >= 15 is 0 Å². The fourth-order valence-corrected chi connectivity index (χ4v) is 4.90. The van der Waals surface area contributed by atoms with Crippen LogP contribution in [0.2, 0.25) is 0 Å². The van der Waals surface area contributed by atoms with Crippen LogP contribution in [0.4, 0.5) is 0 Å². The Hall–Kier alpha value is -1.20. The van der Waals surface area contributed by atoms with Gasteiger partial charge in [-0.1, -0.05) is 49.2 Å². The molecule has 0 amide bonds. The Kier molecular flexibility index (Phi) is 5.84. The van der Waals surface area contributed by atoms with Crippen LogP contribution in [0, 0.1) is 6.92 Å². The molecule has 0 radical (unpaired) electrons. The molecule has 122 valence electrons. The molecule has 1 aromatic heterocycles. The molecule has 1 saturated carbocycles. The lowest BCUT2D eigenvalue weighted by Gasteiger charge is -2.20. The number of hydrogen-bond acceptors (Lipinski definition) is 4. The third-order valence-corrected chi connectivity index (χ3v) is 6.42. The summed E-state index contributed by atoms with van der Waals surface area (Å²) in [7, 11) is 0. The minimum absolute atomic E-state index is 0.00183. The summed E-state index contributed by atoms with van der Waals surface area (Å²) >= 11 is 3.47. The molecule has 1 aromatic carbocycles. The molecule has 5 heteroatoms. The molecule has 2 aromatic rings. The van der Waals surface area contributed by atoms with Crippen LogP contribution in [0.25, 0.3) is 0 Å². The summed E-state index contributed by atoms with van der Waals surface area (Å²) in [6.45, 7) is 1.86. The van der Waals surface area contributed by atoms with Gasteiger partial charge < -0.3 is 4.98 Å². The van der Waals surface area contributed by atoms with Gasteiger partial charge in [0.05, 0.1) is 5.69 Å². The van der Waals surface area contributed by atoms with Crippen LogP contribution in [0.1, 0.15) is 43.4 Å². The SMILES string of the molecule is Cc1c(CSc2ccccc2)nc(SC2CCCCC2)[nH]c1=O. The molecule has 3 rings (SSSR count). The van der Waals surface area contributed by atoms with Crippen LogP contribution in [-0.2, 0) is 5.75 Å². The van der Waals surface area contributed by atoms with Crippen molar-refractivity contribution in [1.29, 1.82) is 0 Å². The maximum Gasteiger partial charge on any atom is 0.254 e. The molecule has 0 atom stereocenters. The summed E-state index contributed by atoms with van der Waals surface area (Å²) in [5.74, 6) is 0.734. The van der Waals surface area contributed by atoms with Gasteiger partial charge in [-0.05, 0) is 31.9 Å². The van der Waals surface area contributed by atoms with E-state index in [9.17, 15) is 4.79 Å².